The van der Waals surface area contributed by atoms with Crippen LogP contribution >= 0.6 is 0 Å². The van der Waals surface area contributed by atoms with E-state index in [1.165, 1.54) is 6.26 Å². The number of carboxylic acids is 1. The van der Waals surface area contributed by atoms with E-state index in [0.717, 1.165) is 18.2 Å². The summed E-state index contributed by atoms with van der Waals surface area (Å²) in [6, 6.07) is 3.02. The van der Waals surface area contributed by atoms with Crippen LogP contribution < -0.4 is 4.72 Å². The molecule has 118 valence electrons. The third-order valence-electron chi connectivity index (χ3n) is 2.92. The molecule has 1 aromatic rings. The van der Waals surface area contributed by atoms with E-state index < -0.39 is 38.1 Å². The van der Waals surface area contributed by atoms with E-state index in [2.05, 4.69) is 4.72 Å². The van der Waals surface area contributed by atoms with E-state index in [1.54, 1.807) is 6.92 Å². The second-order valence-electron chi connectivity index (χ2n) is 4.48. The molecular weight excluding hydrogens is 318 g/mol. The molecule has 0 radical (unpaired) electrons. The van der Waals surface area contributed by atoms with Crippen molar-refractivity contribution < 1.29 is 27.6 Å². The van der Waals surface area contributed by atoms with E-state index in [1.807, 2.05) is 0 Å². The highest BCUT2D eigenvalue weighted by Gasteiger charge is 2.19. The highest BCUT2D eigenvalue weighted by Crippen LogP contribution is 2.21. The number of carbonyl (C=O) groups is 1. The third-order valence-corrected chi connectivity index (χ3v) is 5.75. The Kier molecular flexibility index (Phi) is 5.87. The number of sulfonamides is 1. The molecule has 7 nitrogen and oxygen atoms in total. The van der Waals surface area contributed by atoms with Crippen LogP contribution in [0.5, 0.6) is 5.75 Å². The quantitative estimate of drug-likeness (QED) is 0.668. The van der Waals surface area contributed by atoms with E-state index in [4.69, 9.17) is 5.11 Å². The fourth-order valence-electron chi connectivity index (χ4n) is 1.50. The minimum Gasteiger partial charge on any atom is -0.507 e. The lowest BCUT2D eigenvalue weighted by molar-refractivity contribution is 0.0693. The van der Waals surface area contributed by atoms with Crippen molar-refractivity contribution in [2.75, 3.05) is 12.8 Å². The van der Waals surface area contributed by atoms with Crippen molar-refractivity contribution in [2.24, 2.45) is 0 Å². The smallest absolute Gasteiger partial charge is 0.339 e. The van der Waals surface area contributed by atoms with E-state index >= 15 is 0 Å². The predicted molar refractivity (Wildman–Crippen MR) is 78.4 cm³/mol. The normalized spacial score (nSPS) is 14.6. The average molecular weight is 335 g/mol. The Balaban J connectivity index is 2.86. The lowest BCUT2D eigenvalue weighted by Gasteiger charge is -2.10. The third kappa shape index (κ3) is 4.80. The monoisotopic (exact) mass is 335 g/mol. The van der Waals surface area contributed by atoms with Gasteiger partial charge in [0.2, 0.25) is 10.0 Å². The lowest BCUT2D eigenvalue weighted by Crippen LogP contribution is -2.27. The predicted octanol–water partition coefficient (Wildman–Crippen LogP) is 0.526. The van der Waals surface area contributed by atoms with Gasteiger partial charge in [-0.15, -0.1) is 0 Å². The second-order valence-corrected chi connectivity index (χ2v) is 8.05. The summed E-state index contributed by atoms with van der Waals surface area (Å²) in [7, 11) is -4.92. The molecule has 0 bridgehead atoms. The summed E-state index contributed by atoms with van der Waals surface area (Å²) in [4.78, 5) is 10.6. The Morgan fingerprint density at radius 2 is 2.05 bits per heavy atom. The number of aromatic hydroxyl groups is 1. The van der Waals surface area contributed by atoms with Gasteiger partial charge < -0.3 is 10.2 Å². The molecule has 1 rings (SSSR count). The number of nitrogens with one attached hydrogen (secondary N) is 1. The molecule has 0 fully saturated rings. The van der Waals surface area contributed by atoms with Gasteiger partial charge in [0.25, 0.3) is 0 Å². The SMILES string of the molecule is CC(CCNS(=O)(=O)c1ccc(O)c(C(=O)O)c1)S(C)=O. The van der Waals surface area contributed by atoms with Crippen molar-refractivity contribution in [3.8, 4) is 5.75 Å². The Morgan fingerprint density at radius 3 is 2.57 bits per heavy atom. The van der Waals surface area contributed by atoms with Crippen LogP contribution in [0.15, 0.2) is 23.1 Å². The molecule has 0 saturated heterocycles. The number of aromatic carboxylic acids is 1. The molecule has 0 spiro atoms. The first-order chi connectivity index (χ1) is 9.65. The van der Waals surface area contributed by atoms with Crippen LogP contribution in [-0.2, 0) is 20.8 Å². The van der Waals surface area contributed by atoms with Gasteiger partial charge in [0, 0.05) is 28.9 Å². The molecule has 0 aliphatic heterocycles. The molecule has 3 N–H and O–H groups in total. The summed E-state index contributed by atoms with van der Waals surface area (Å²) in [6.07, 6.45) is 1.94. The number of phenols is 1. The largest absolute Gasteiger partial charge is 0.507 e. The van der Waals surface area contributed by atoms with Gasteiger partial charge >= 0.3 is 5.97 Å². The van der Waals surface area contributed by atoms with E-state index in [9.17, 15) is 22.5 Å². The van der Waals surface area contributed by atoms with Gasteiger partial charge in [0.05, 0.1) is 4.90 Å². The number of carboxylic acid groups (broad SMARTS) is 1. The Hall–Kier alpha value is -1.45. The fourth-order valence-corrected chi connectivity index (χ4v) is 3.02. The van der Waals surface area contributed by atoms with Crippen molar-refractivity contribution in [1.82, 2.24) is 4.72 Å². The molecule has 0 aliphatic rings. The van der Waals surface area contributed by atoms with Crippen LogP contribution in [0.4, 0.5) is 0 Å². The first-order valence-electron chi connectivity index (χ1n) is 6.03. The summed E-state index contributed by atoms with van der Waals surface area (Å²) >= 11 is 0. The minimum atomic E-state index is -3.88. The fraction of sp³-hybridized carbons (Fsp3) is 0.417. The molecule has 0 aliphatic carbocycles. The van der Waals surface area contributed by atoms with Gasteiger partial charge in [-0.05, 0) is 24.6 Å². The molecule has 0 saturated carbocycles. The van der Waals surface area contributed by atoms with Crippen LogP contribution in [0.1, 0.15) is 23.7 Å². The maximum Gasteiger partial charge on any atom is 0.339 e. The molecule has 0 amide bonds. The summed E-state index contributed by atoms with van der Waals surface area (Å²) < 4.78 is 37.5. The maximum atomic E-state index is 12.0. The van der Waals surface area contributed by atoms with Crippen molar-refractivity contribution in [3.05, 3.63) is 23.8 Å². The summed E-state index contributed by atoms with van der Waals surface area (Å²) in [6.45, 7) is 1.83. The van der Waals surface area contributed by atoms with Gasteiger partial charge in [0.1, 0.15) is 11.3 Å². The second kappa shape index (κ2) is 7.01. The molecule has 2 unspecified atom stereocenters. The molecule has 9 heteroatoms. The van der Waals surface area contributed by atoms with Crippen LogP contribution in [0.2, 0.25) is 0 Å². The van der Waals surface area contributed by atoms with Crippen LogP contribution in [-0.4, -0.2) is 46.9 Å². The number of hydrogen-bond acceptors (Lipinski definition) is 5. The van der Waals surface area contributed by atoms with E-state index in [-0.39, 0.29) is 16.7 Å². The standard InChI is InChI=1S/C12H17NO6S2/c1-8(20(2)17)5-6-13-21(18,19)9-3-4-11(14)10(7-9)12(15)16/h3-4,7-8,13-14H,5-6H2,1-2H3,(H,15,16). The van der Waals surface area contributed by atoms with Gasteiger partial charge in [-0.3, -0.25) is 4.21 Å². The van der Waals surface area contributed by atoms with Crippen molar-refractivity contribution in [2.45, 2.75) is 23.5 Å². The number of hydrogen-bond donors (Lipinski definition) is 3. The molecule has 2 atom stereocenters. The highest BCUT2D eigenvalue weighted by atomic mass is 32.2. The van der Waals surface area contributed by atoms with Gasteiger partial charge in [-0.2, -0.15) is 0 Å². The average Bonchev–Trinajstić information content (AvgIpc) is 2.38. The maximum absolute atomic E-state index is 12.0. The molecular formula is C12H17NO6S2. The van der Waals surface area contributed by atoms with Crippen LogP contribution in [0, 0.1) is 0 Å². The summed E-state index contributed by atoms with van der Waals surface area (Å²) in [5.41, 5.74) is -0.485. The molecule has 0 aromatic heterocycles. The highest BCUT2D eigenvalue weighted by molar-refractivity contribution is 7.89. The van der Waals surface area contributed by atoms with Crippen LogP contribution in [0.25, 0.3) is 0 Å². The Morgan fingerprint density at radius 1 is 1.43 bits per heavy atom. The minimum absolute atomic E-state index is 0.0896. The van der Waals surface area contributed by atoms with Gasteiger partial charge in [0.15, 0.2) is 0 Å². The first kappa shape index (κ1) is 17.6. The van der Waals surface area contributed by atoms with Crippen molar-refractivity contribution in [1.29, 1.82) is 0 Å². The topological polar surface area (TPSA) is 121 Å². The number of benzene rings is 1. The van der Waals surface area contributed by atoms with Crippen LogP contribution in [0.3, 0.4) is 0 Å². The lowest BCUT2D eigenvalue weighted by atomic mass is 10.2. The molecule has 21 heavy (non-hydrogen) atoms. The Labute approximate surface area is 125 Å². The summed E-state index contributed by atoms with van der Waals surface area (Å²) in [5, 5.41) is 18.1. The zero-order chi connectivity index (χ0) is 16.2. The van der Waals surface area contributed by atoms with Crippen molar-refractivity contribution in [3.63, 3.8) is 0 Å². The van der Waals surface area contributed by atoms with Gasteiger partial charge in [-0.25, -0.2) is 17.9 Å². The summed E-state index contributed by atoms with van der Waals surface area (Å²) in [5.74, 6) is -1.92. The zero-order valence-electron chi connectivity index (χ0n) is 11.6. The number of rotatable bonds is 7. The van der Waals surface area contributed by atoms with E-state index in [0.29, 0.717) is 6.42 Å². The molecule has 0 heterocycles. The molecule has 1 aromatic carbocycles. The first-order valence-corrected chi connectivity index (χ1v) is 9.14. The van der Waals surface area contributed by atoms with Gasteiger partial charge in [-0.1, -0.05) is 6.92 Å². The Bertz CT molecular complexity index is 656. The van der Waals surface area contributed by atoms with Crippen molar-refractivity contribution >= 4 is 26.8 Å². The zero-order valence-corrected chi connectivity index (χ0v) is 13.2.